The summed E-state index contributed by atoms with van der Waals surface area (Å²) >= 11 is 1.70. The fourth-order valence-electron chi connectivity index (χ4n) is 2.04. The molecule has 3 rings (SSSR count). The monoisotopic (exact) mass is 270 g/mol. The maximum Gasteiger partial charge on any atom is 0.150 e. The number of thiophene rings is 1. The Labute approximate surface area is 115 Å². The number of hydrogen-bond acceptors (Lipinski definition) is 4. The van der Waals surface area contributed by atoms with Gasteiger partial charge in [0.2, 0.25) is 0 Å². The van der Waals surface area contributed by atoms with Crippen molar-refractivity contribution in [2.75, 3.05) is 12.4 Å². The van der Waals surface area contributed by atoms with Crippen LogP contribution in [-0.4, -0.2) is 21.6 Å². The van der Waals surface area contributed by atoms with E-state index in [0.29, 0.717) is 0 Å². The van der Waals surface area contributed by atoms with Crippen molar-refractivity contribution in [1.29, 1.82) is 0 Å². The Morgan fingerprint density at radius 3 is 2.95 bits per heavy atom. The summed E-state index contributed by atoms with van der Waals surface area (Å²) in [5, 5.41) is 5.19. The van der Waals surface area contributed by atoms with E-state index in [9.17, 15) is 0 Å². The molecule has 0 unspecified atom stereocenters. The highest BCUT2D eigenvalue weighted by molar-refractivity contribution is 7.13. The maximum atomic E-state index is 4.44. The Hall–Kier alpha value is -2.14. The molecule has 0 saturated heterocycles. The Balaban J connectivity index is 1.94. The van der Waals surface area contributed by atoms with Crippen LogP contribution in [0.5, 0.6) is 0 Å². The van der Waals surface area contributed by atoms with Gasteiger partial charge in [0, 0.05) is 31.2 Å². The minimum absolute atomic E-state index is 0.761. The number of hydrogen-bond donors (Lipinski definition) is 1. The van der Waals surface area contributed by atoms with E-state index in [-0.39, 0.29) is 0 Å². The van der Waals surface area contributed by atoms with E-state index in [1.54, 1.807) is 17.5 Å². The van der Waals surface area contributed by atoms with Gasteiger partial charge in [-0.1, -0.05) is 12.1 Å². The fraction of sp³-hybridized carbons (Fsp3) is 0.143. The number of nitrogens with zero attached hydrogens (tertiary/aromatic N) is 3. The SMILES string of the molecule is CNc1ncccc1Cn1ccnc1-c1cccs1. The van der Waals surface area contributed by atoms with Gasteiger partial charge in [-0.25, -0.2) is 9.97 Å². The maximum absolute atomic E-state index is 4.44. The molecule has 0 bridgehead atoms. The van der Waals surface area contributed by atoms with Crippen molar-refractivity contribution in [2.24, 2.45) is 0 Å². The lowest BCUT2D eigenvalue weighted by Crippen LogP contribution is -2.05. The van der Waals surface area contributed by atoms with Crippen LogP contribution in [0.15, 0.2) is 48.2 Å². The molecule has 0 aliphatic carbocycles. The standard InChI is InChI=1S/C14H14N4S/c1-15-13-11(4-2-6-16-13)10-18-8-7-17-14(18)12-5-3-9-19-12/h2-9H,10H2,1H3,(H,15,16). The van der Waals surface area contributed by atoms with Crippen molar-refractivity contribution in [1.82, 2.24) is 14.5 Å². The molecule has 0 spiro atoms. The van der Waals surface area contributed by atoms with Crippen LogP contribution in [0.1, 0.15) is 5.56 Å². The van der Waals surface area contributed by atoms with Crippen LogP contribution in [0.3, 0.4) is 0 Å². The second-order valence-electron chi connectivity index (χ2n) is 4.12. The van der Waals surface area contributed by atoms with E-state index >= 15 is 0 Å². The predicted molar refractivity (Wildman–Crippen MR) is 78.4 cm³/mol. The van der Waals surface area contributed by atoms with Crippen LogP contribution in [0.4, 0.5) is 5.82 Å². The molecule has 96 valence electrons. The van der Waals surface area contributed by atoms with Gasteiger partial charge < -0.3 is 9.88 Å². The number of anilines is 1. The molecule has 0 fully saturated rings. The molecule has 4 nitrogen and oxygen atoms in total. The van der Waals surface area contributed by atoms with Crippen molar-refractivity contribution in [2.45, 2.75) is 6.54 Å². The van der Waals surface area contributed by atoms with Gasteiger partial charge in [-0.05, 0) is 17.5 Å². The Morgan fingerprint density at radius 1 is 1.21 bits per heavy atom. The first-order chi connectivity index (χ1) is 9.38. The summed E-state index contributed by atoms with van der Waals surface area (Å²) in [5.74, 6) is 1.91. The predicted octanol–water partition coefficient (Wildman–Crippen LogP) is 3.10. The smallest absolute Gasteiger partial charge is 0.150 e. The summed E-state index contributed by atoms with van der Waals surface area (Å²) < 4.78 is 2.14. The lowest BCUT2D eigenvalue weighted by molar-refractivity contribution is 0.806. The third kappa shape index (κ3) is 2.37. The molecule has 3 aromatic rings. The van der Waals surface area contributed by atoms with Crippen molar-refractivity contribution in [3.05, 3.63) is 53.8 Å². The van der Waals surface area contributed by atoms with E-state index in [2.05, 4.69) is 37.4 Å². The molecule has 3 heterocycles. The third-order valence-electron chi connectivity index (χ3n) is 2.93. The zero-order chi connectivity index (χ0) is 13.1. The van der Waals surface area contributed by atoms with Crippen LogP contribution in [0, 0.1) is 0 Å². The van der Waals surface area contributed by atoms with Crippen LogP contribution >= 0.6 is 11.3 Å². The summed E-state index contributed by atoms with van der Waals surface area (Å²) in [7, 11) is 1.89. The van der Waals surface area contributed by atoms with Gasteiger partial charge in [-0.2, -0.15) is 0 Å². The number of pyridine rings is 1. The number of rotatable bonds is 4. The van der Waals surface area contributed by atoms with Crippen molar-refractivity contribution < 1.29 is 0 Å². The van der Waals surface area contributed by atoms with Gasteiger partial charge >= 0.3 is 0 Å². The second kappa shape index (κ2) is 5.24. The number of aromatic nitrogens is 3. The normalized spacial score (nSPS) is 10.6. The molecular weight excluding hydrogens is 256 g/mol. The molecule has 0 atom stereocenters. The molecule has 0 aromatic carbocycles. The van der Waals surface area contributed by atoms with Gasteiger partial charge in [0.15, 0.2) is 0 Å². The Morgan fingerprint density at radius 2 is 2.16 bits per heavy atom. The Kier molecular flexibility index (Phi) is 3.29. The lowest BCUT2D eigenvalue weighted by Gasteiger charge is -2.10. The topological polar surface area (TPSA) is 42.7 Å². The van der Waals surface area contributed by atoms with E-state index in [1.165, 1.54) is 4.88 Å². The van der Waals surface area contributed by atoms with Gasteiger partial charge in [-0.3, -0.25) is 0 Å². The summed E-state index contributed by atoms with van der Waals surface area (Å²) in [4.78, 5) is 9.95. The van der Waals surface area contributed by atoms with Crippen molar-refractivity contribution in [3.63, 3.8) is 0 Å². The average Bonchev–Trinajstić information content (AvgIpc) is 3.09. The highest BCUT2D eigenvalue weighted by Crippen LogP contribution is 2.24. The fourth-order valence-corrected chi connectivity index (χ4v) is 2.78. The molecule has 0 amide bonds. The van der Waals surface area contributed by atoms with Gasteiger partial charge in [0.05, 0.1) is 11.4 Å². The van der Waals surface area contributed by atoms with Crippen LogP contribution < -0.4 is 5.32 Å². The summed E-state index contributed by atoms with van der Waals surface area (Å²) in [6, 6.07) is 8.17. The van der Waals surface area contributed by atoms with E-state index in [0.717, 1.165) is 23.8 Å². The molecule has 0 radical (unpaired) electrons. The second-order valence-corrected chi connectivity index (χ2v) is 5.06. The highest BCUT2D eigenvalue weighted by atomic mass is 32.1. The molecule has 0 saturated carbocycles. The first-order valence-corrected chi connectivity index (χ1v) is 6.93. The van der Waals surface area contributed by atoms with Crippen molar-refractivity contribution in [3.8, 4) is 10.7 Å². The quantitative estimate of drug-likeness (QED) is 0.792. The average molecular weight is 270 g/mol. The minimum Gasteiger partial charge on any atom is -0.373 e. The lowest BCUT2D eigenvalue weighted by atomic mass is 10.2. The van der Waals surface area contributed by atoms with Crippen molar-refractivity contribution >= 4 is 17.2 Å². The Bertz CT molecular complexity index is 658. The first kappa shape index (κ1) is 11.9. The molecular formula is C14H14N4S. The highest BCUT2D eigenvalue weighted by Gasteiger charge is 2.09. The molecule has 1 N–H and O–H groups in total. The number of nitrogens with one attached hydrogen (secondary N) is 1. The van der Waals surface area contributed by atoms with E-state index in [1.807, 2.05) is 31.6 Å². The minimum atomic E-state index is 0.761. The summed E-state index contributed by atoms with van der Waals surface area (Å²) in [6.07, 6.45) is 5.63. The first-order valence-electron chi connectivity index (χ1n) is 6.05. The van der Waals surface area contributed by atoms with Gasteiger partial charge in [-0.15, -0.1) is 11.3 Å². The van der Waals surface area contributed by atoms with Gasteiger partial charge in [0.1, 0.15) is 11.6 Å². The van der Waals surface area contributed by atoms with Crippen LogP contribution in [0.25, 0.3) is 10.7 Å². The largest absolute Gasteiger partial charge is 0.373 e. The molecule has 5 heteroatoms. The molecule has 0 aliphatic heterocycles. The molecule has 0 aliphatic rings. The van der Waals surface area contributed by atoms with Crippen LogP contribution in [-0.2, 0) is 6.54 Å². The summed E-state index contributed by atoms with van der Waals surface area (Å²) in [5.41, 5.74) is 1.15. The van der Waals surface area contributed by atoms with Gasteiger partial charge in [0.25, 0.3) is 0 Å². The third-order valence-corrected chi connectivity index (χ3v) is 3.79. The molecule has 3 aromatic heterocycles. The van der Waals surface area contributed by atoms with E-state index in [4.69, 9.17) is 0 Å². The zero-order valence-electron chi connectivity index (χ0n) is 10.6. The zero-order valence-corrected chi connectivity index (χ0v) is 11.4. The van der Waals surface area contributed by atoms with Crippen LogP contribution in [0.2, 0.25) is 0 Å². The molecule has 19 heavy (non-hydrogen) atoms. The summed E-state index contributed by atoms with van der Waals surface area (Å²) in [6.45, 7) is 0.761. The van der Waals surface area contributed by atoms with E-state index < -0.39 is 0 Å². The number of imidazole rings is 1.